The molecule has 7 nitrogen and oxygen atoms in total. The number of hydrogen-bond donors (Lipinski definition) is 1. The molecule has 0 radical (unpaired) electrons. The number of carbonyl (C=O) groups is 2. The molecule has 0 saturated carbocycles. The molecular formula is C21H23ClN2O5. The number of hydrogen-bond acceptors (Lipinski definition) is 5. The maximum absolute atomic E-state index is 12.5. The minimum Gasteiger partial charge on any atom is -0.495 e. The lowest BCUT2D eigenvalue weighted by Gasteiger charge is -2.20. The molecule has 154 valence electrons. The quantitative estimate of drug-likeness (QED) is 0.667. The van der Waals surface area contributed by atoms with Gasteiger partial charge in [0.1, 0.15) is 12.4 Å². The average Bonchev–Trinajstić information content (AvgIpc) is 3.12. The summed E-state index contributed by atoms with van der Waals surface area (Å²) in [4.78, 5) is 26.5. The highest BCUT2D eigenvalue weighted by molar-refractivity contribution is 6.31. The van der Waals surface area contributed by atoms with E-state index < -0.39 is 5.92 Å². The van der Waals surface area contributed by atoms with E-state index in [4.69, 9.17) is 25.8 Å². The number of methoxy groups -OCH3 is 2. The van der Waals surface area contributed by atoms with E-state index in [2.05, 4.69) is 5.32 Å². The van der Waals surface area contributed by atoms with Crippen molar-refractivity contribution in [2.24, 2.45) is 5.92 Å². The Labute approximate surface area is 174 Å². The number of nitrogens with one attached hydrogen (secondary N) is 1. The van der Waals surface area contributed by atoms with Crippen molar-refractivity contribution in [3.05, 3.63) is 47.5 Å². The van der Waals surface area contributed by atoms with E-state index in [9.17, 15) is 9.59 Å². The molecule has 1 saturated heterocycles. The van der Waals surface area contributed by atoms with Crippen LogP contribution < -0.4 is 24.4 Å². The molecular weight excluding hydrogens is 396 g/mol. The third-order valence-corrected chi connectivity index (χ3v) is 4.89. The number of halogens is 1. The maximum Gasteiger partial charge on any atom is 0.227 e. The highest BCUT2D eigenvalue weighted by Gasteiger charge is 2.36. The van der Waals surface area contributed by atoms with Gasteiger partial charge in [0.2, 0.25) is 11.8 Å². The molecule has 3 rings (SSSR count). The molecule has 1 aliphatic rings. The smallest absolute Gasteiger partial charge is 0.227 e. The van der Waals surface area contributed by atoms with Crippen molar-refractivity contribution in [2.45, 2.75) is 6.42 Å². The summed E-state index contributed by atoms with van der Waals surface area (Å²) in [6.45, 7) is 0.884. The summed E-state index contributed by atoms with van der Waals surface area (Å²) in [7, 11) is 3.10. The fourth-order valence-electron chi connectivity index (χ4n) is 3.21. The Bertz CT molecular complexity index is 889. The topological polar surface area (TPSA) is 77.1 Å². The van der Waals surface area contributed by atoms with Crippen LogP contribution >= 0.6 is 11.6 Å². The van der Waals surface area contributed by atoms with Gasteiger partial charge in [-0.15, -0.1) is 0 Å². The van der Waals surface area contributed by atoms with Crippen LogP contribution in [0.15, 0.2) is 42.5 Å². The zero-order valence-electron chi connectivity index (χ0n) is 16.3. The molecule has 1 aliphatic heterocycles. The molecule has 0 aliphatic carbocycles. The number of para-hydroxylation sites is 2. The first-order valence-corrected chi connectivity index (χ1v) is 9.58. The Morgan fingerprint density at radius 1 is 1.14 bits per heavy atom. The predicted molar refractivity (Wildman–Crippen MR) is 110 cm³/mol. The van der Waals surface area contributed by atoms with Gasteiger partial charge < -0.3 is 24.4 Å². The fourth-order valence-corrected chi connectivity index (χ4v) is 3.37. The van der Waals surface area contributed by atoms with Crippen LogP contribution in [-0.2, 0) is 9.59 Å². The van der Waals surface area contributed by atoms with Crippen molar-refractivity contribution in [3.63, 3.8) is 0 Å². The van der Waals surface area contributed by atoms with Gasteiger partial charge in [0.25, 0.3) is 0 Å². The van der Waals surface area contributed by atoms with Crippen molar-refractivity contribution in [1.82, 2.24) is 5.32 Å². The number of carbonyl (C=O) groups excluding carboxylic acids is 2. The Morgan fingerprint density at radius 2 is 1.86 bits per heavy atom. The molecule has 1 fully saturated rings. The molecule has 2 aromatic rings. The third-order valence-electron chi connectivity index (χ3n) is 4.66. The van der Waals surface area contributed by atoms with Crippen LogP contribution in [0.2, 0.25) is 5.02 Å². The Kier molecular flexibility index (Phi) is 6.82. The van der Waals surface area contributed by atoms with Crippen LogP contribution in [0.4, 0.5) is 5.69 Å². The van der Waals surface area contributed by atoms with E-state index in [1.54, 1.807) is 42.3 Å². The van der Waals surface area contributed by atoms with E-state index >= 15 is 0 Å². The first-order chi connectivity index (χ1) is 14.0. The number of amides is 2. The van der Waals surface area contributed by atoms with E-state index in [0.717, 1.165) is 0 Å². The minimum absolute atomic E-state index is 0.134. The standard InChI is InChI=1S/C21H23ClN2O5/c1-27-17-8-7-15(22)12-16(17)24-13-14(11-20(24)25)21(26)23-9-10-29-19-6-4-3-5-18(19)28-2/h3-8,12,14H,9-11,13H2,1-2H3,(H,23,26). The van der Waals surface area contributed by atoms with Crippen molar-refractivity contribution >= 4 is 29.1 Å². The Morgan fingerprint density at radius 3 is 2.59 bits per heavy atom. The van der Waals surface area contributed by atoms with Crippen molar-refractivity contribution in [1.29, 1.82) is 0 Å². The summed E-state index contributed by atoms with van der Waals surface area (Å²) in [5.74, 6) is 0.999. The van der Waals surface area contributed by atoms with Gasteiger partial charge in [-0.1, -0.05) is 23.7 Å². The molecule has 8 heteroatoms. The Balaban J connectivity index is 1.54. The van der Waals surface area contributed by atoms with Gasteiger partial charge in [0.15, 0.2) is 11.5 Å². The molecule has 1 atom stereocenters. The number of nitrogens with zero attached hydrogens (tertiary/aromatic N) is 1. The molecule has 1 unspecified atom stereocenters. The molecule has 1 N–H and O–H groups in total. The lowest BCUT2D eigenvalue weighted by Crippen LogP contribution is -2.35. The highest BCUT2D eigenvalue weighted by atomic mass is 35.5. The van der Waals surface area contributed by atoms with Crippen LogP contribution in [0.1, 0.15) is 6.42 Å². The second-order valence-corrected chi connectivity index (χ2v) is 6.95. The average molecular weight is 419 g/mol. The van der Waals surface area contributed by atoms with Gasteiger partial charge in [-0.05, 0) is 30.3 Å². The lowest BCUT2D eigenvalue weighted by atomic mass is 10.1. The van der Waals surface area contributed by atoms with Crippen LogP contribution in [0.25, 0.3) is 0 Å². The van der Waals surface area contributed by atoms with Crippen molar-refractivity contribution in [2.75, 3.05) is 38.8 Å². The summed E-state index contributed by atoms with van der Waals surface area (Å²) in [6.07, 6.45) is 0.134. The number of anilines is 1. The fraction of sp³-hybridized carbons (Fsp3) is 0.333. The van der Waals surface area contributed by atoms with E-state index in [-0.39, 0.29) is 24.8 Å². The molecule has 0 bridgehead atoms. The number of ether oxygens (including phenoxy) is 3. The molecule has 2 aromatic carbocycles. The van der Waals surface area contributed by atoms with Gasteiger partial charge in [-0.3, -0.25) is 9.59 Å². The van der Waals surface area contributed by atoms with Crippen LogP contribution in [-0.4, -0.2) is 45.7 Å². The molecule has 0 spiro atoms. The summed E-state index contributed by atoms with van der Waals surface area (Å²) in [5.41, 5.74) is 0.569. The van der Waals surface area contributed by atoms with Gasteiger partial charge in [0, 0.05) is 18.0 Å². The zero-order chi connectivity index (χ0) is 20.8. The van der Waals surface area contributed by atoms with E-state index in [1.165, 1.54) is 7.11 Å². The summed E-state index contributed by atoms with van der Waals surface area (Å²) >= 11 is 6.06. The van der Waals surface area contributed by atoms with Gasteiger partial charge in [-0.2, -0.15) is 0 Å². The van der Waals surface area contributed by atoms with E-state index in [1.807, 2.05) is 12.1 Å². The minimum atomic E-state index is -0.447. The summed E-state index contributed by atoms with van der Waals surface area (Å²) < 4.78 is 16.2. The van der Waals surface area contributed by atoms with Gasteiger partial charge in [0.05, 0.1) is 32.4 Å². The molecule has 0 aromatic heterocycles. The summed E-state index contributed by atoms with van der Waals surface area (Å²) in [5, 5.41) is 3.32. The third kappa shape index (κ3) is 4.92. The maximum atomic E-state index is 12.5. The first-order valence-electron chi connectivity index (χ1n) is 9.21. The predicted octanol–water partition coefficient (Wildman–Crippen LogP) is 2.91. The van der Waals surface area contributed by atoms with Crippen molar-refractivity contribution in [3.8, 4) is 17.2 Å². The van der Waals surface area contributed by atoms with Gasteiger partial charge >= 0.3 is 0 Å². The number of rotatable bonds is 8. The zero-order valence-corrected chi connectivity index (χ0v) is 17.1. The van der Waals surface area contributed by atoms with Crippen LogP contribution in [0.3, 0.4) is 0 Å². The monoisotopic (exact) mass is 418 g/mol. The first kappa shape index (κ1) is 20.8. The highest BCUT2D eigenvalue weighted by Crippen LogP contribution is 2.35. The Hall–Kier alpha value is -2.93. The second-order valence-electron chi connectivity index (χ2n) is 6.51. The number of benzene rings is 2. The largest absolute Gasteiger partial charge is 0.495 e. The van der Waals surface area contributed by atoms with Crippen molar-refractivity contribution < 1.29 is 23.8 Å². The van der Waals surface area contributed by atoms with Gasteiger partial charge in [-0.25, -0.2) is 0 Å². The molecule has 1 heterocycles. The van der Waals surface area contributed by atoms with Crippen LogP contribution in [0, 0.1) is 5.92 Å². The lowest BCUT2D eigenvalue weighted by molar-refractivity contribution is -0.126. The second kappa shape index (κ2) is 9.52. The van der Waals surface area contributed by atoms with Crippen LogP contribution in [0.5, 0.6) is 17.2 Å². The van der Waals surface area contributed by atoms with E-state index in [0.29, 0.717) is 41.1 Å². The summed E-state index contributed by atoms with van der Waals surface area (Å²) in [6, 6.07) is 12.4. The molecule has 2 amide bonds. The SMILES string of the molecule is COc1ccccc1OCCNC(=O)C1CC(=O)N(c2cc(Cl)ccc2OC)C1. The normalized spacial score (nSPS) is 15.9. The molecule has 29 heavy (non-hydrogen) atoms.